The summed E-state index contributed by atoms with van der Waals surface area (Å²) < 4.78 is 15.7. The Morgan fingerprint density at radius 3 is 2.71 bits per heavy atom. The highest BCUT2D eigenvalue weighted by Gasteiger charge is 2.16. The van der Waals surface area contributed by atoms with Crippen LogP contribution >= 0.6 is 0 Å². The van der Waals surface area contributed by atoms with Gasteiger partial charge in [-0.2, -0.15) is 0 Å². The minimum absolute atomic E-state index is 0.0902. The number of fused-ring (bicyclic) bond motifs is 1. The van der Waals surface area contributed by atoms with Gasteiger partial charge in [0.15, 0.2) is 17.1 Å². The Labute approximate surface area is 159 Å². The molecule has 0 saturated heterocycles. The van der Waals surface area contributed by atoms with Crippen LogP contribution in [0.15, 0.2) is 74.4 Å². The van der Waals surface area contributed by atoms with E-state index in [9.17, 15) is 9.59 Å². The van der Waals surface area contributed by atoms with Crippen molar-refractivity contribution in [3.63, 3.8) is 0 Å². The number of nitrogens with one attached hydrogen (secondary N) is 1. The molecule has 7 nitrogen and oxygen atoms in total. The van der Waals surface area contributed by atoms with Crippen LogP contribution in [-0.2, 0) is 6.54 Å². The van der Waals surface area contributed by atoms with E-state index in [0.717, 1.165) is 5.56 Å². The van der Waals surface area contributed by atoms with Gasteiger partial charge in [-0.3, -0.25) is 4.79 Å². The van der Waals surface area contributed by atoms with Crippen molar-refractivity contribution in [1.29, 1.82) is 0 Å². The van der Waals surface area contributed by atoms with Crippen LogP contribution in [0.25, 0.3) is 22.3 Å². The first-order valence-corrected chi connectivity index (χ1v) is 8.56. The zero-order valence-electron chi connectivity index (χ0n) is 15.0. The van der Waals surface area contributed by atoms with E-state index in [4.69, 9.17) is 13.7 Å². The number of carbonyl (C=O) groups excluding carboxylic acids is 1. The van der Waals surface area contributed by atoms with Crippen LogP contribution in [0.2, 0.25) is 0 Å². The molecule has 0 fully saturated rings. The van der Waals surface area contributed by atoms with Gasteiger partial charge in [-0.15, -0.1) is 0 Å². The predicted molar refractivity (Wildman–Crippen MR) is 102 cm³/mol. The summed E-state index contributed by atoms with van der Waals surface area (Å²) in [6.45, 7) is 0.116. The van der Waals surface area contributed by atoms with Crippen molar-refractivity contribution in [1.82, 2.24) is 10.5 Å². The molecule has 0 unspecified atom stereocenters. The number of hydrogen-bond donors (Lipinski definition) is 1. The van der Waals surface area contributed by atoms with E-state index in [0.29, 0.717) is 28.2 Å². The average molecular weight is 376 g/mol. The van der Waals surface area contributed by atoms with Gasteiger partial charge in [0, 0.05) is 17.0 Å². The minimum atomic E-state index is -0.736. The fraction of sp³-hybridized carbons (Fsp3) is 0.0952. The second-order valence-electron chi connectivity index (χ2n) is 6.06. The molecule has 2 aromatic heterocycles. The standard InChI is InChI=1S/C21H16N2O5/c1-26-17-9-5-8-14-10-16(21(25)27-19(14)17)20(24)22-12-15-11-18(28-23-15)13-6-3-2-4-7-13/h2-11H,12H2,1H3,(H,22,24). The topological polar surface area (TPSA) is 94.6 Å². The van der Waals surface area contributed by atoms with Crippen LogP contribution in [-0.4, -0.2) is 18.2 Å². The predicted octanol–water partition coefficient (Wildman–Crippen LogP) is 3.39. The summed E-state index contributed by atoms with van der Waals surface area (Å²) in [6, 6.07) is 17.9. The number of rotatable bonds is 5. The molecule has 0 spiro atoms. The van der Waals surface area contributed by atoms with Crippen molar-refractivity contribution in [3.8, 4) is 17.1 Å². The summed E-state index contributed by atoms with van der Waals surface area (Å²) in [5, 5.41) is 7.20. The van der Waals surface area contributed by atoms with Crippen molar-refractivity contribution < 1.29 is 18.5 Å². The van der Waals surface area contributed by atoms with Gasteiger partial charge in [0.2, 0.25) is 0 Å². The lowest BCUT2D eigenvalue weighted by molar-refractivity contribution is 0.0946. The lowest BCUT2D eigenvalue weighted by Crippen LogP contribution is -2.28. The summed E-state index contributed by atoms with van der Waals surface area (Å²) in [7, 11) is 1.48. The maximum absolute atomic E-state index is 12.5. The number of aromatic nitrogens is 1. The van der Waals surface area contributed by atoms with Crippen molar-refractivity contribution in [2.24, 2.45) is 0 Å². The van der Waals surface area contributed by atoms with Crippen molar-refractivity contribution >= 4 is 16.9 Å². The average Bonchev–Trinajstić information content (AvgIpc) is 3.21. The number of amides is 1. The summed E-state index contributed by atoms with van der Waals surface area (Å²) in [6.07, 6.45) is 0. The number of nitrogens with zero attached hydrogens (tertiary/aromatic N) is 1. The fourth-order valence-corrected chi connectivity index (χ4v) is 2.84. The van der Waals surface area contributed by atoms with Crippen molar-refractivity contribution in [2.75, 3.05) is 7.11 Å². The molecule has 0 bridgehead atoms. The molecule has 0 aliphatic rings. The number of carbonyl (C=O) groups is 1. The summed E-state index contributed by atoms with van der Waals surface area (Å²) in [4.78, 5) is 24.7. The van der Waals surface area contributed by atoms with Crippen LogP contribution in [0, 0.1) is 0 Å². The monoisotopic (exact) mass is 376 g/mol. The highest BCUT2D eigenvalue weighted by molar-refractivity contribution is 5.97. The number of benzene rings is 2. The van der Waals surface area contributed by atoms with Crippen LogP contribution in [0.1, 0.15) is 16.1 Å². The molecule has 2 heterocycles. The smallest absolute Gasteiger partial charge is 0.349 e. The van der Waals surface area contributed by atoms with Gasteiger partial charge in [-0.1, -0.05) is 47.6 Å². The SMILES string of the molecule is COc1cccc2cc(C(=O)NCc3cc(-c4ccccc4)on3)c(=O)oc12. The first-order chi connectivity index (χ1) is 13.7. The van der Waals surface area contributed by atoms with Gasteiger partial charge < -0.3 is 19.0 Å². The van der Waals surface area contributed by atoms with Crippen LogP contribution in [0.5, 0.6) is 5.75 Å². The number of hydrogen-bond acceptors (Lipinski definition) is 6. The third kappa shape index (κ3) is 3.37. The normalized spacial score (nSPS) is 10.8. The Bertz CT molecular complexity index is 1190. The van der Waals surface area contributed by atoms with Gasteiger partial charge in [0.1, 0.15) is 11.3 Å². The Balaban J connectivity index is 1.52. The van der Waals surface area contributed by atoms with Gasteiger partial charge in [-0.05, 0) is 12.1 Å². The van der Waals surface area contributed by atoms with E-state index in [-0.39, 0.29) is 12.1 Å². The fourth-order valence-electron chi connectivity index (χ4n) is 2.84. The molecule has 140 valence electrons. The number of para-hydroxylation sites is 1. The molecule has 28 heavy (non-hydrogen) atoms. The summed E-state index contributed by atoms with van der Waals surface area (Å²) >= 11 is 0. The van der Waals surface area contributed by atoms with Crippen LogP contribution in [0.3, 0.4) is 0 Å². The van der Waals surface area contributed by atoms with Gasteiger partial charge >= 0.3 is 5.63 Å². The van der Waals surface area contributed by atoms with E-state index in [1.807, 2.05) is 30.3 Å². The van der Waals surface area contributed by atoms with E-state index < -0.39 is 11.5 Å². The second kappa shape index (κ2) is 7.40. The summed E-state index contributed by atoms with van der Waals surface area (Å²) in [5.74, 6) is 0.475. The van der Waals surface area contributed by atoms with Gasteiger partial charge in [-0.25, -0.2) is 4.79 Å². The molecule has 0 radical (unpaired) electrons. The van der Waals surface area contributed by atoms with Gasteiger partial charge in [0.05, 0.1) is 13.7 Å². The maximum Gasteiger partial charge on any atom is 0.349 e. The molecule has 4 aromatic rings. The van der Waals surface area contributed by atoms with E-state index in [1.54, 1.807) is 24.3 Å². The second-order valence-corrected chi connectivity index (χ2v) is 6.06. The third-order valence-corrected chi connectivity index (χ3v) is 4.24. The molecular formula is C21H16N2O5. The van der Waals surface area contributed by atoms with E-state index >= 15 is 0 Å². The zero-order valence-corrected chi connectivity index (χ0v) is 15.0. The largest absolute Gasteiger partial charge is 0.493 e. The van der Waals surface area contributed by atoms with Crippen LogP contribution < -0.4 is 15.7 Å². The Morgan fingerprint density at radius 2 is 1.93 bits per heavy atom. The maximum atomic E-state index is 12.5. The van der Waals surface area contributed by atoms with Crippen LogP contribution in [0.4, 0.5) is 0 Å². The van der Waals surface area contributed by atoms with E-state index in [1.165, 1.54) is 13.2 Å². The lowest BCUT2D eigenvalue weighted by atomic mass is 10.1. The molecule has 7 heteroatoms. The summed E-state index contributed by atoms with van der Waals surface area (Å²) in [5.41, 5.74) is 0.901. The van der Waals surface area contributed by atoms with Crippen molar-refractivity contribution in [2.45, 2.75) is 6.54 Å². The van der Waals surface area contributed by atoms with Crippen molar-refractivity contribution in [3.05, 3.63) is 82.3 Å². The zero-order chi connectivity index (χ0) is 19.5. The molecule has 4 rings (SSSR count). The first-order valence-electron chi connectivity index (χ1n) is 8.56. The number of methoxy groups -OCH3 is 1. The first kappa shape index (κ1) is 17.5. The Hall–Kier alpha value is -3.87. The molecule has 1 amide bonds. The van der Waals surface area contributed by atoms with E-state index in [2.05, 4.69) is 10.5 Å². The lowest BCUT2D eigenvalue weighted by Gasteiger charge is -2.06. The molecule has 0 aliphatic carbocycles. The Kier molecular flexibility index (Phi) is 4.63. The Morgan fingerprint density at radius 1 is 1.11 bits per heavy atom. The highest BCUT2D eigenvalue weighted by atomic mass is 16.5. The molecule has 2 aromatic carbocycles. The molecule has 0 aliphatic heterocycles. The third-order valence-electron chi connectivity index (χ3n) is 4.24. The number of ether oxygens (including phenoxy) is 1. The van der Waals surface area contributed by atoms with Gasteiger partial charge in [0.25, 0.3) is 5.91 Å². The molecule has 0 saturated carbocycles. The molecule has 0 atom stereocenters. The molecular weight excluding hydrogens is 360 g/mol. The molecule has 1 N–H and O–H groups in total. The quantitative estimate of drug-likeness (QED) is 0.537. The highest BCUT2D eigenvalue weighted by Crippen LogP contribution is 2.24. The minimum Gasteiger partial charge on any atom is -0.493 e.